The Morgan fingerprint density at radius 2 is 2.09 bits per heavy atom. The summed E-state index contributed by atoms with van der Waals surface area (Å²) in [6.07, 6.45) is 3.78. The van der Waals surface area contributed by atoms with Crippen LogP contribution in [0.25, 0.3) is 0 Å². The summed E-state index contributed by atoms with van der Waals surface area (Å²) in [4.78, 5) is 29.7. The minimum absolute atomic E-state index is 0.155. The molecule has 2 unspecified atom stereocenters. The molecule has 1 saturated carbocycles. The summed E-state index contributed by atoms with van der Waals surface area (Å²) >= 11 is 0. The van der Waals surface area contributed by atoms with Crippen molar-refractivity contribution in [2.45, 2.75) is 45.3 Å². The number of carboxylic acid groups (broad SMARTS) is 1. The van der Waals surface area contributed by atoms with Crippen molar-refractivity contribution < 1.29 is 19.4 Å². The van der Waals surface area contributed by atoms with Crippen molar-refractivity contribution in [2.75, 3.05) is 7.05 Å². The van der Waals surface area contributed by atoms with Gasteiger partial charge < -0.3 is 14.7 Å². The third-order valence-electron chi connectivity index (χ3n) is 4.33. The molecule has 1 heterocycles. The van der Waals surface area contributed by atoms with Crippen LogP contribution >= 0.6 is 0 Å². The average Bonchev–Trinajstić information content (AvgIpc) is 2.94. The van der Waals surface area contributed by atoms with E-state index in [-0.39, 0.29) is 23.8 Å². The number of nitrogens with zero attached hydrogens (tertiary/aromatic N) is 2. The van der Waals surface area contributed by atoms with E-state index in [4.69, 9.17) is 4.74 Å². The summed E-state index contributed by atoms with van der Waals surface area (Å²) in [7, 11) is 1.57. The summed E-state index contributed by atoms with van der Waals surface area (Å²) in [5.74, 6) is -1.11. The van der Waals surface area contributed by atoms with Gasteiger partial charge in [0.2, 0.25) is 11.8 Å². The molecule has 1 aromatic heterocycles. The highest BCUT2D eigenvalue weighted by molar-refractivity contribution is 5.85. The first-order valence-corrected chi connectivity index (χ1v) is 7.99. The number of rotatable bonds is 6. The lowest BCUT2D eigenvalue weighted by molar-refractivity contribution is -0.153. The van der Waals surface area contributed by atoms with Crippen molar-refractivity contribution in [3.05, 3.63) is 24.4 Å². The molecule has 23 heavy (non-hydrogen) atoms. The van der Waals surface area contributed by atoms with Gasteiger partial charge in [-0.25, -0.2) is 9.78 Å². The van der Waals surface area contributed by atoms with Crippen LogP contribution in [0, 0.1) is 11.8 Å². The SMILES string of the molecule is CC(C)[C@@H](C(=O)O)N(C)C(=O)C1CCCC1Oc1ccccn1. The van der Waals surface area contributed by atoms with Gasteiger partial charge in [-0.15, -0.1) is 0 Å². The van der Waals surface area contributed by atoms with Gasteiger partial charge >= 0.3 is 5.97 Å². The average molecular weight is 320 g/mol. The number of carboxylic acids is 1. The van der Waals surface area contributed by atoms with Crippen LogP contribution in [-0.2, 0) is 9.59 Å². The Hall–Kier alpha value is -2.11. The Balaban J connectivity index is 2.09. The molecule has 3 atom stereocenters. The first-order chi connectivity index (χ1) is 10.9. The quantitative estimate of drug-likeness (QED) is 0.869. The number of amides is 1. The zero-order valence-corrected chi connectivity index (χ0v) is 13.8. The normalized spacial score (nSPS) is 21.9. The molecule has 0 bridgehead atoms. The van der Waals surface area contributed by atoms with E-state index in [0.29, 0.717) is 12.3 Å². The number of aliphatic carboxylic acids is 1. The van der Waals surface area contributed by atoms with E-state index in [2.05, 4.69) is 4.98 Å². The van der Waals surface area contributed by atoms with Crippen molar-refractivity contribution in [1.82, 2.24) is 9.88 Å². The number of hydrogen-bond donors (Lipinski definition) is 1. The standard InChI is InChI=1S/C17H24N2O4/c1-11(2)15(17(21)22)19(3)16(20)12-7-6-8-13(12)23-14-9-4-5-10-18-14/h4-5,9-13,15H,6-8H2,1-3H3,(H,21,22)/t12?,13?,15-/m0/s1. The van der Waals surface area contributed by atoms with Gasteiger partial charge in [-0.1, -0.05) is 19.9 Å². The molecule has 6 heteroatoms. The molecule has 0 aromatic carbocycles. The lowest BCUT2D eigenvalue weighted by atomic mass is 9.99. The lowest BCUT2D eigenvalue weighted by Gasteiger charge is -2.31. The second kappa shape index (κ2) is 7.44. The lowest BCUT2D eigenvalue weighted by Crippen LogP contribution is -2.49. The van der Waals surface area contributed by atoms with Crippen LogP contribution in [0.2, 0.25) is 0 Å². The second-order valence-electron chi connectivity index (χ2n) is 6.34. The maximum atomic E-state index is 12.8. The van der Waals surface area contributed by atoms with E-state index in [9.17, 15) is 14.7 Å². The zero-order chi connectivity index (χ0) is 17.0. The third kappa shape index (κ3) is 4.00. The van der Waals surface area contributed by atoms with Gasteiger partial charge in [-0.3, -0.25) is 4.79 Å². The van der Waals surface area contributed by atoms with Gasteiger partial charge in [-0.05, 0) is 31.2 Å². The molecule has 1 aliphatic carbocycles. The molecule has 1 aliphatic rings. The third-order valence-corrected chi connectivity index (χ3v) is 4.33. The maximum Gasteiger partial charge on any atom is 0.326 e. The number of carbonyl (C=O) groups excluding carboxylic acids is 1. The molecule has 6 nitrogen and oxygen atoms in total. The van der Waals surface area contributed by atoms with Gasteiger partial charge in [0.15, 0.2) is 0 Å². The van der Waals surface area contributed by atoms with Gasteiger partial charge in [-0.2, -0.15) is 0 Å². The van der Waals surface area contributed by atoms with E-state index in [1.165, 1.54) is 4.90 Å². The largest absolute Gasteiger partial charge is 0.480 e. The highest BCUT2D eigenvalue weighted by Crippen LogP contribution is 2.31. The minimum atomic E-state index is -0.976. The topological polar surface area (TPSA) is 79.7 Å². The van der Waals surface area contributed by atoms with Crippen molar-refractivity contribution in [3.8, 4) is 5.88 Å². The van der Waals surface area contributed by atoms with E-state index in [1.807, 2.05) is 6.07 Å². The van der Waals surface area contributed by atoms with E-state index in [1.54, 1.807) is 39.2 Å². The molecule has 2 rings (SSSR count). The number of likely N-dealkylation sites (N-methyl/N-ethyl adjacent to an activating group) is 1. The molecular weight excluding hydrogens is 296 g/mol. The Morgan fingerprint density at radius 1 is 1.35 bits per heavy atom. The Bertz CT molecular complexity index is 547. The number of aromatic nitrogens is 1. The summed E-state index contributed by atoms with van der Waals surface area (Å²) in [5.41, 5.74) is 0. The molecule has 1 N–H and O–H groups in total. The van der Waals surface area contributed by atoms with Crippen LogP contribution in [-0.4, -0.2) is 46.1 Å². The van der Waals surface area contributed by atoms with Crippen LogP contribution in [0.3, 0.4) is 0 Å². The highest BCUT2D eigenvalue weighted by atomic mass is 16.5. The predicted molar refractivity (Wildman–Crippen MR) is 85.0 cm³/mol. The minimum Gasteiger partial charge on any atom is -0.480 e. The maximum absolute atomic E-state index is 12.8. The fourth-order valence-corrected chi connectivity index (χ4v) is 3.22. The number of ether oxygens (including phenoxy) is 1. The second-order valence-corrected chi connectivity index (χ2v) is 6.34. The molecule has 0 aliphatic heterocycles. The zero-order valence-electron chi connectivity index (χ0n) is 13.8. The summed E-state index contributed by atoms with van der Waals surface area (Å²) in [6, 6.07) is 4.58. The number of pyridine rings is 1. The van der Waals surface area contributed by atoms with E-state index in [0.717, 1.165) is 12.8 Å². The molecule has 126 valence electrons. The predicted octanol–water partition coefficient (Wildman–Crippen LogP) is 2.20. The summed E-state index contributed by atoms with van der Waals surface area (Å²) in [6.45, 7) is 3.61. The smallest absolute Gasteiger partial charge is 0.326 e. The van der Waals surface area contributed by atoms with Crippen molar-refractivity contribution in [2.24, 2.45) is 11.8 Å². The molecule has 0 saturated heterocycles. The van der Waals surface area contributed by atoms with Crippen LogP contribution in [0.1, 0.15) is 33.1 Å². The van der Waals surface area contributed by atoms with Gasteiger partial charge in [0.1, 0.15) is 12.1 Å². The van der Waals surface area contributed by atoms with Crippen LogP contribution < -0.4 is 4.74 Å². The molecule has 0 radical (unpaired) electrons. The first-order valence-electron chi connectivity index (χ1n) is 7.99. The van der Waals surface area contributed by atoms with Crippen molar-refractivity contribution in [1.29, 1.82) is 0 Å². The Morgan fingerprint density at radius 3 is 2.65 bits per heavy atom. The van der Waals surface area contributed by atoms with Crippen molar-refractivity contribution in [3.63, 3.8) is 0 Å². The van der Waals surface area contributed by atoms with Crippen LogP contribution in [0.5, 0.6) is 5.88 Å². The van der Waals surface area contributed by atoms with Crippen LogP contribution in [0.15, 0.2) is 24.4 Å². The first kappa shape index (κ1) is 17.2. The van der Waals surface area contributed by atoms with Gasteiger partial charge in [0.25, 0.3) is 0 Å². The molecule has 1 amide bonds. The van der Waals surface area contributed by atoms with Crippen LogP contribution in [0.4, 0.5) is 0 Å². The summed E-state index contributed by atoms with van der Waals surface area (Å²) < 4.78 is 5.85. The van der Waals surface area contributed by atoms with E-state index >= 15 is 0 Å². The fourth-order valence-electron chi connectivity index (χ4n) is 3.22. The molecule has 1 fully saturated rings. The Kier molecular flexibility index (Phi) is 5.58. The molecule has 1 aromatic rings. The number of carbonyl (C=O) groups is 2. The number of hydrogen-bond acceptors (Lipinski definition) is 4. The van der Waals surface area contributed by atoms with Crippen molar-refractivity contribution >= 4 is 11.9 Å². The molecule has 0 spiro atoms. The fraction of sp³-hybridized carbons (Fsp3) is 0.588. The summed E-state index contributed by atoms with van der Waals surface area (Å²) in [5, 5.41) is 9.37. The molecular formula is C17H24N2O4. The van der Waals surface area contributed by atoms with Gasteiger partial charge in [0.05, 0.1) is 5.92 Å². The van der Waals surface area contributed by atoms with Gasteiger partial charge in [0, 0.05) is 19.3 Å². The highest BCUT2D eigenvalue weighted by Gasteiger charge is 2.40. The monoisotopic (exact) mass is 320 g/mol. The van der Waals surface area contributed by atoms with E-state index < -0.39 is 12.0 Å². The Labute approximate surface area is 136 Å².